The first-order valence-corrected chi connectivity index (χ1v) is 8.28. The molecule has 4 heteroatoms. The molecule has 96 valence electrons. The third-order valence-corrected chi connectivity index (χ3v) is 0.949. The molecular formula is C11H32N2OP+. The number of hydrogen-bond acceptors (Lipinski definition) is 2. The van der Waals surface area contributed by atoms with E-state index < -0.39 is 7.14 Å². The largest absolute Gasteiger partial charge is 0.331 e. The van der Waals surface area contributed by atoms with Crippen LogP contribution in [0.4, 0.5) is 0 Å². The van der Waals surface area contributed by atoms with Crippen molar-refractivity contribution in [1.29, 1.82) is 0 Å². The molecule has 0 saturated heterocycles. The second-order valence-electron chi connectivity index (χ2n) is 5.84. The minimum Gasteiger partial charge on any atom is -0.331 e. The van der Waals surface area contributed by atoms with Crippen LogP contribution >= 0.6 is 7.14 Å². The molecule has 0 radical (unpaired) electrons. The van der Waals surface area contributed by atoms with Gasteiger partial charge in [0.25, 0.3) is 0 Å². The van der Waals surface area contributed by atoms with Crippen molar-refractivity contribution in [1.82, 2.24) is 4.90 Å². The number of nitrogens with zero attached hydrogens (tertiary/aromatic N) is 2. The Balaban J connectivity index is -0.000000147. The van der Waals surface area contributed by atoms with Crippen molar-refractivity contribution in [2.45, 2.75) is 6.92 Å². The molecule has 0 aromatic heterocycles. The monoisotopic (exact) mass is 239 g/mol. The summed E-state index contributed by atoms with van der Waals surface area (Å²) in [6.07, 6.45) is 0. The Morgan fingerprint density at radius 2 is 1.07 bits per heavy atom. The van der Waals surface area contributed by atoms with Crippen molar-refractivity contribution in [3.05, 3.63) is 0 Å². The second kappa shape index (κ2) is 9.38. The van der Waals surface area contributed by atoms with Crippen LogP contribution in [0.1, 0.15) is 6.92 Å². The lowest BCUT2D eigenvalue weighted by atomic mass is 10.6. The maximum Gasteiger partial charge on any atom is 0.0790 e. The van der Waals surface area contributed by atoms with E-state index in [1.807, 2.05) is 26.0 Å². The molecule has 0 N–H and O–H groups in total. The van der Waals surface area contributed by atoms with Crippen LogP contribution in [0, 0.1) is 0 Å². The first-order valence-electron chi connectivity index (χ1n) is 5.23. The third-order valence-electron chi connectivity index (χ3n) is 0.949. The van der Waals surface area contributed by atoms with Crippen LogP contribution in [0.15, 0.2) is 0 Å². The molecule has 0 spiro atoms. The number of quaternary nitrogens is 1. The van der Waals surface area contributed by atoms with Gasteiger partial charge in [-0.25, -0.2) is 0 Å². The second-order valence-corrected chi connectivity index (χ2v) is 9.62. The topological polar surface area (TPSA) is 20.3 Å². The Hall–Kier alpha value is 0.150. The molecule has 0 aromatic carbocycles. The summed E-state index contributed by atoms with van der Waals surface area (Å²) >= 11 is 0. The average Bonchev–Trinajstić information content (AvgIpc) is 1.80. The van der Waals surface area contributed by atoms with Gasteiger partial charge in [-0.15, -0.1) is 0 Å². The van der Waals surface area contributed by atoms with E-state index in [1.54, 1.807) is 20.0 Å². The minimum absolute atomic E-state index is 1.07. The summed E-state index contributed by atoms with van der Waals surface area (Å²) in [4.78, 5) is 2.00. The van der Waals surface area contributed by atoms with E-state index in [-0.39, 0.29) is 0 Å². The van der Waals surface area contributed by atoms with E-state index in [9.17, 15) is 4.57 Å². The van der Waals surface area contributed by atoms with Gasteiger partial charge in [0.05, 0.1) is 34.8 Å². The lowest BCUT2D eigenvalue weighted by Gasteiger charge is -2.20. The molecule has 0 rings (SSSR count). The van der Waals surface area contributed by atoms with Gasteiger partial charge in [-0.1, -0.05) is 0 Å². The van der Waals surface area contributed by atoms with Gasteiger partial charge < -0.3 is 13.9 Å². The normalized spacial score (nSPS) is 11.1. The summed E-state index contributed by atoms with van der Waals surface area (Å²) < 4.78 is 11.3. The summed E-state index contributed by atoms with van der Waals surface area (Å²) in [6, 6.07) is 0. The molecule has 15 heavy (non-hydrogen) atoms. The molecule has 0 aliphatic rings. The van der Waals surface area contributed by atoms with E-state index in [1.165, 1.54) is 6.54 Å². The average molecular weight is 239 g/mol. The van der Waals surface area contributed by atoms with Crippen LogP contribution in [0.3, 0.4) is 0 Å². The highest BCUT2D eigenvalue weighted by Gasteiger charge is 1.97. The van der Waals surface area contributed by atoms with Crippen LogP contribution in [0.2, 0.25) is 0 Å². The standard InChI is InChI=1S/C5H14N.C3H9N.C3H9OP/c1-5-6(2,3)4;1-4(2)3;1-5(2,3)4/h5H2,1-4H3;1-3H3;1-3H3/q+1;;. The highest BCUT2D eigenvalue weighted by atomic mass is 31.2. The zero-order valence-corrected chi connectivity index (χ0v) is 13.4. The van der Waals surface area contributed by atoms with Gasteiger partial charge in [-0.2, -0.15) is 0 Å². The Morgan fingerprint density at radius 1 is 1.00 bits per heavy atom. The molecule has 0 aromatic rings. The SMILES string of the molecule is CC[N+](C)(C)C.CN(C)C.CP(C)(C)=O. The lowest BCUT2D eigenvalue weighted by molar-refractivity contribution is -0.868. The van der Waals surface area contributed by atoms with Crippen molar-refractivity contribution < 1.29 is 9.05 Å². The Morgan fingerprint density at radius 3 is 1.07 bits per heavy atom. The van der Waals surface area contributed by atoms with Crippen LogP contribution < -0.4 is 0 Å². The van der Waals surface area contributed by atoms with Gasteiger partial charge in [0.2, 0.25) is 0 Å². The fourth-order valence-corrected chi connectivity index (χ4v) is 0. The molecule has 0 bridgehead atoms. The molecule has 0 fully saturated rings. The fraction of sp³-hybridized carbons (Fsp3) is 1.00. The van der Waals surface area contributed by atoms with Crippen LogP contribution in [-0.2, 0) is 4.57 Å². The third kappa shape index (κ3) is 211. The number of rotatable bonds is 1. The molecule has 0 aliphatic carbocycles. The quantitative estimate of drug-likeness (QED) is 0.516. The predicted octanol–water partition coefficient (Wildman–Crippen LogP) is 2.13. The van der Waals surface area contributed by atoms with Crippen LogP contribution in [-0.4, -0.2) is 78.2 Å². The number of hydrogen-bond donors (Lipinski definition) is 0. The fourth-order valence-electron chi connectivity index (χ4n) is 0. The van der Waals surface area contributed by atoms with Crippen molar-refractivity contribution in [3.8, 4) is 0 Å². The zero-order valence-electron chi connectivity index (χ0n) is 12.5. The van der Waals surface area contributed by atoms with Gasteiger partial charge in [0.1, 0.15) is 0 Å². The Labute approximate surface area is 97.4 Å². The highest BCUT2D eigenvalue weighted by Crippen LogP contribution is 2.28. The first kappa shape index (κ1) is 20.5. The summed E-state index contributed by atoms with van der Waals surface area (Å²) in [5, 5.41) is 0. The molecule has 3 nitrogen and oxygen atoms in total. The Kier molecular flexibility index (Phi) is 12.9. The first-order chi connectivity index (χ1) is 6.29. The highest BCUT2D eigenvalue weighted by molar-refractivity contribution is 7.61. The molecule has 0 aliphatic heterocycles. The maximum absolute atomic E-state index is 10.2. The van der Waals surface area contributed by atoms with Crippen LogP contribution in [0.25, 0.3) is 0 Å². The molecule has 0 unspecified atom stereocenters. The van der Waals surface area contributed by atoms with Gasteiger partial charge in [-0.3, -0.25) is 0 Å². The molecule has 0 heterocycles. The smallest absolute Gasteiger partial charge is 0.0790 e. The van der Waals surface area contributed by atoms with Gasteiger partial charge in [-0.05, 0) is 48.1 Å². The predicted molar refractivity (Wildman–Crippen MR) is 73.6 cm³/mol. The molecule has 0 atom stereocenters. The molecule has 0 saturated carbocycles. The minimum atomic E-state index is -1.64. The lowest BCUT2D eigenvalue weighted by Crippen LogP contribution is -2.33. The summed E-state index contributed by atoms with van der Waals surface area (Å²) in [7, 11) is 10.9. The molecule has 0 amide bonds. The van der Waals surface area contributed by atoms with Crippen molar-refractivity contribution >= 4 is 7.14 Å². The van der Waals surface area contributed by atoms with E-state index in [0.29, 0.717) is 0 Å². The van der Waals surface area contributed by atoms with Crippen molar-refractivity contribution in [3.63, 3.8) is 0 Å². The summed E-state index contributed by atoms with van der Waals surface area (Å²) in [5.74, 6) is 0. The molecular weight excluding hydrogens is 207 g/mol. The summed E-state index contributed by atoms with van der Waals surface area (Å²) in [6.45, 7) is 8.62. The Bertz CT molecular complexity index is 157. The van der Waals surface area contributed by atoms with Crippen molar-refractivity contribution in [2.24, 2.45) is 0 Å². The van der Waals surface area contributed by atoms with E-state index in [2.05, 4.69) is 28.1 Å². The van der Waals surface area contributed by atoms with Gasteiger partial charge in [0, 0.05) is 0 Å². The van der Waals surface area contributed by atoms with Gasteiger partial charge >= 0.3 is 0 Å². The van der Waals surface area contributed by atoms with Crippen molar-refractivity contribution in [2.75, 3.05) is 68.8 Å². The van der Waals surface area contributed by atoms with E-state index in [0.717, 1.165) is 4.48 Å². The maximum atomic E-state index is 10.2. The summed E-state index contributed by atoms with van der Waals surface area (Å²) in [5.41, 5.74) is 0. The zero-order chi connectivity index (χ0) is 13.3. The van der Waals surface area contributed by atoms with Crippen LogP contribution in [0.5, 0.6) is 0 Å². The van der Waals surface area contributed by atoms with E-state index >= 15 is 0 Å². The van der Waals surface area contributed by atoms with E-state index in [4.69, 9.17) is 0 Å². The van der Waals surface area contributed by atoms with Gasteiger partial charge in [0.15, 0.2) is 0 Å².